The quantitative estimate of drug-likeness (QED) is 0.602. The standard InChI is InChI=1S/C14H22N2O2/c1-4-18-7-5-6-14(17)16-13-9-10(2)12(15)8-11(13)3/h8-9H,4-7,15H2,1-3H3,(H,16,17). The Morgan fingerprint density at radius 1 is 1.33 bits per heavy atom. The van der Waals surface area contributed by atoms with Gasteiger partial charge in [-0.1, -0.05) is 0 Å². The molecule has 1 aromatic carbocycles. The molecule has 18 heavy (non-hydrogen) atoms. The molecule has 0 aliphatic heterocycles. The average molecular weight is 250 g/mol. The molecule has 0 heterocycles. The molecule has 0 radical (unpaired) electrons. The lowest BCUT2D eigenvalue weighted by Gasteiger charge is -2.11. The number of rotatable bonds is 6. The molecule has 0 saturated carbocycles. The molecule has 1 aromatic rings. The van der Waals surface area contributed by atoms with Gasteiger partial charge in [0.2, 0.25) is 5.91 Å². The van der Waals surface area contributed by atoms with E-state index in [2.05, 4.69) is 5.32 Å². The maximum atomic E-state index is 11.7. The second-order valence-corrected chi connectivity index (χ2v) is 4.37. The number of nitrogen functional groups attached to an aromatic ring is 1. The fraction of sp³-hybridized carbons (Fsp3) is 0.500. The Kier molecular flexibility index (Phi) is 5.65. The highest BCUT2D eigenvalue weighted by molar-refractivity contribution is 5.91. The topological polar surface area (TPSA) is 64.3 Å². The summed E-state index contributed by atoms with van der Waals surface area (Å²) < 4.78 is 5.20. The van der Waals surface area contributed by atoms with E-state index in [1.54, 1.807) is 0 Å². The molecular weight excluding hydrogens is 228 g/mol. The summed E-state index contributed by atoms with van der Waals surface area (Å²) >= 11 is 0. The van der Waals surface area contributed by atoms with Crippen molar-refractivity contribution in [3.05, 3.63) is 23.3 Å². The van der Waals surface area contributed by atoms with Gasteiger partial charge in [-0.05, 0) is 50.5 Å². The van der Waals surface area contributed by atoms with Crippen LogP contribution in [0.3, 0.4) is 0 Å². The third-order valence-electron chi connectivity index (χ3n) is 2.78. The van der Waals surface area contributed by atoms with Crippen molar-refractivity contribution in [1.29, 1.82) is 0 Å². The second kappa shape index (κ2) is 7.01. The molecule has 0 fully saturated rings. The molecule has 0 unspecified atom stereocenters. The number of benzene rings is 1. The maximum absolute atomic E-state index is 11.7. The summed E-state index contributed by atoms with van der Waals surface area (Å²) in [4.78, 5) is 11.7. The van der Waals surface area contributed by atoms with Crippen molar-refractivity contribution in [1.82, 2.24) is 0 Å². The Balaban J connectivity index is 2.51. The molecule has 0 aromatic heterocycles. The zero-order valence-electron chi connectivity index (χ0n) is 11.4. The fourth-order valence-electron chi connectivity index (χ4n) is 1.67. The Labute approximate surface area is 109 Å². The lowest BCUT2D eigenvalue weighted by Crippen LogP contribution is -2.13. The van der Waals surface area contributed by atoms with E-state index < -0.39 is 0 Å². The maximum Gasteiger partial charge on any atom is 0.224 e. The number of ether oxygens (including phenoxy) is 1. The predicted molar refractivity (Wildman–Crippen MR) is 74.7 cm³/mol. The number of anilines is 2. The molecule has 0 bridgehead atoms. The van der Waals surface area contributed by atoms with Crippen LogP contribution in [0.5, 0.6) is 0 Å². The SMILES string of the molecule is CCOCCCC(=O)Nc1cc(C)c(N)cc1C. The minimum absolute atomic E-state index is 0.0157. The third kappa shape index (κ3) is 4.37. The van der Waals surface area contributed by atoms with E-state index in [1.165, 1.54) is 0 Å². The molecule has 100 valence electrons. The van der Waals surface area contributed by atoms with Gasteiger partial charge < -0.3 is 15.8 Å². The van der Waals surface area contributed by atoms with Gasteiger partial charge in [-0.2, -0.15) is 0 Å². The first-order valence-electron chi connectivity index (χ1n) is 6.29. The summed E-state index contributed by atoms with van der Waals surface area (Å²) in [5.74, 6) is 0.0157. The normalized spacial score (nSPS) is 10.4. The number of amides is 1. The lowest BCUT2D eigenvalue weighted by atomic mass is 10.1. The smallest absolute Gasteiger partial charge is 0.224 e. The van der Waals surface area contributed by atoms with Gasteiger partial charge >= 0.3 is 0 Å². The van der Waals surface area contributed by atoms with Crippen LogP contribution >= 0.6 is 0 Å². The number of hydrogen-bond donors (Lipinski definition) is 2. The average Bonchev–Trinajstić information content (AvgIpc) is 2.32. The highest BCUT2D eigenvalue weighted by Crippen LogP contribution is 2.22. The van der Waals surface area contributed by atoms with Crippen molar-refractivity contribution in [3.8, 4) is 0 Å². The van der Waals surface area contributed by atoms with Crippen LogP contribution in [-0.4, -0.2) is 19.1 Å². The Bertz CT molecular complexity index is 417. The van der Waals surface area contributed by atoms with Crippen LogP contribution in [0.4, 0.5) is 11.4 Å². The number of hydrogen-bond acceptors (Lipinski definition) is 3. The van der Waals surface area contributed by atoms with Gasteiger partial charge in [-0.25, -0.2) is 0 Å². The number of carbonyl (C=O) groups excluding carboxylic acids is 1. The first-order chi connectivity index (χ1) is 8.54. The van der Waals surface area contributed by atoms with Gasteiger partial charge in [0.15, 0.2) is 0 Å². The van der Waals surface area contributed by atoms with E-state index in [0.717, 1.165) is 28.9 Å². The molecular formula is C14H22N2O2. The summed E-state index contributed by atoms with van der Waals surface area (Å²) in [6.07, 6.45) is 1.22. The van der Waals surface area contributed by atoms with Gasteiger partial charge in [0.05, 0.1) is 0 Å². The van der Waals surface area contributed by atoms with E-state index in [4.69, 9.17) is 10.5 Å². The largest absolute Gasteiger partial charge is 0.399 e. The van der Waals surface area contributed by atoms with E-state index in [-0.39, 0.29) is 5.91 Å². The van der Waals surface area contributed by atoms with Gasteiger partial charge in [-0.15, -0.1) is 0 Å². The van der Waals surface area contributed by atoms with Gasteiger partial charge in [0.1, 0.15) is 0 Å². The number of nitrogens with two attached hydrogens (primary N) is 1. The fourth-order valence-corrected chi connectivity index (χ4v) is 1.67. The molecule has 1 rings (SSSR count). The van der Waals surface area contributed by atoms with Crippen molar-refractivity contribution in [2.24, 2.45) is 0 Å². The number of nitrogens with one attached hydrogen (secondary N) is 1. The Morgan fingerprint density at radius 2 is 2.06 bits per heavy atom. The van der Waals surface area contributed by atoms with Crippen LogP contribution in [0.1, 0.15) is 30.9 Å². The molecule has 0 aliphatic rings. The van der Waals surface area contributed by atoms with Crippen LogP contribution in [0.2, 0.25) is 0 Å². The van der Waals surface area contributed by atoms with Crippen LogP contribution in [0.25, 0.3) is 0 Å². The Morgan fingerprint density at radius 3 is 2.72 bits per heavy atom. The molecule has 0 aliphatic carbocycles. The molecule has 0 atom stereocenters. The first kappa shape index (κ1) is 14.5. The zero-order valence-corrected chi connectivity index (χ0v) is 11.4. The number of aryl methyl sites for hydroxylation is 2. The Hall–Kier alpha value is -1.55. The van der Waals surface area contributed by atoms with Crippen molar-refractivity contribution in [2.75, 3.05) is 24.3 Å². The molecule has 1 amide bonds. The predicted octanol–water partition coefficient (Wildman–Crippen LogP) is 2.64. The van der Waals surface area contributed by atoms with Crippen LogP contribution in [0, 0.1) is 13.8 Å². The van der Waals surface area contributed by atoms with Crippen LogP contribution in [-0.2, 0) is 9.53 Å². The molecule has 3 N–H and O–H groups in total. The molecule has 4 nitrogen and oxygen atoms in total. The summed E-state index contributed by atoms with van der Waals surface area (Å²) in [7, 11) is 0. The first-order valence-corrected chi connectivity index (χ1v) is 6.29. The van der Waals surface area contributed by atoms with Crippen LogP contribution in [0.15, 0.2) is 12.1 Å². The second-order valence-electron chi connectivity index (χ2n) is 4.37. The van der Waals surface area contributed by atoms with Crippen LogP contribution < -0.4 is 11.1 Å². The van der Waals surface area contributed by atoms with Crippen molar-refractivity contribution in [2.45, 2.75) is 33.6 Å². The summed E-state index contributed by atoms with van der Waals surface area (Å²) in [5.41, 5.74) is 9.35. The van der Waals surface area contributed by atoms with Crippen molar-refractivity contribution in [3.63, 3.8) is 0 Å². The lowest BCUT2D eigenvalue weighted by molar-refractivity contribution is -0.116. The van der Waals surface area contributed by atoms with E-state index >= 15 is 0 Å². The number of carbonyl (C=O) groups is 1. The summed E-state index contributed by atoms with van der Waals surface area (Å²) in [5, 5.41) is 2.91. The van der Waals surface area contributed by atoms with Crippen molar-refractivity contribution < 1.29 is 9.53 Å². The van der Waals surface area contributed by atoms with E-state index in [1.807, 2.05) is 32.9 Å². The minimum atomic E-state index is 0.0157. The summed E-state index contributed by atoms with van der Waals surface area (Å²) in [6.45, 7) is 7.13. The van der Waals surface area contributed by atoms with Gasteiger partial charge in [-0.3, -0.25) is 4.79 Å². The molecule has 4 heteroatoms. The minimum Gasteiger partial charge on any atom is -0.399 e. The highest BCUT2D eigenvalue weighted by atomic mass is 16.5. The monoisotopic (exact) mass is 250 g/mol. The molecule has 0 saturated heterocycles. The zero-order chi connectivity index (χ0) is 13.5. The molecule has 0 spiro atoms. The highest BCUT2D eigenvalue weighted by Gasteiger charge is 2.06. The van der Waals surface area contributed by atoms with Gasteiger partial charge in [0, 0.05) is 31.0 Å². The van der Waals surface area contributed by atoms with E-state index in [9.17, 15) is 4.79 Å². The summed E-state index contributed by atoms with van der Waals surface area (Å²) in [6, 6.07) is 3.79. The third-order valence-corrected chi connectivity index (χ3v) is 2.78. The van der Waals surface area contributed by atoms with E-state index in [0.29, 0.717) is 19.6 Å². The van der Waals surface area contributed by atoms with Crippen molar-refractivity contribution >= 4 is 17.3 Å². The van der Waals surface area contributed by atoms with Gasteiger partial charge in [0.25, 0.3) is 0 Å².